The fraction of sp³-hybridized carbons (Fsp3) is 0.238. The second kappa shape index (κ2) is 7.95. The van der Waals surface area contributed by atoms with Gasteiger partial charge in [-0.25, -0.2) is 4.98 Å². The maximum atomic E-state index is 12.8. The lowest BCUT2D eigenvalue weighted by molar-refractivity contribution is 0.171. The zero-order valence-corrected chi connectivity index (χ0v) is 14.9. The van der Waals surface area contributed by atoms with Crippen molar-refractivity contribution in [2.45, 2.75) is 12.8 Å². The van der Waals surface area contributed by atoms with Gasteiger partial charge in [-0.3, -0.25) is 9.36 Å². The third kappa shape index (κ3) is 3.95. The molecule has 2 aromatic carbocycles. The van der Waals surface area contributed by atoms with Crippen LogP contribution in [0.4, 0.5) is 5.82 Å². The predicted molar refractivity (Wildman–Crippen MR) is 104 cm³/mol. The molecule has 0 amide bonds. The molecule has 1 aliphatic heterocycles. The Kier molecular flexibility index (Phi) is 5.05. The van der Waals surface area contributed by atoms with Gasteiger partial charge in [0.15, 0.2) is 17.3 Å². The van der Waals surface area contributed by atoms with E-state index in [0.717, 1.165) is 18.5 Å². The molecular weight excluding hydrogens is 342 g/mol. The highest BCUT2D eigenvalue weighted by Crippen LogP contribution is 2.31. The van der Waals surface area contributed by atoms with Crippen molar-refractivity contribution in [1.29, 1.82) is 0 Å². The molecule has 6 nitrogen and oxygen atoms in total. The van der Waals surface area contributed by atoms with Gasteiger partial charge in [-0.1, -0.05) is 30.3 Å². The van der Waals surface area contributed by atoms with Crippen LogP contribution in [0.15, 0.2) is 65.7 Å². The summed E-state index contributed by atoms with van der Waals surface area (Å²) in [6.45, 7) is 1.73. The predicted octanol–water partition coefficient (Wildman–Crippen LogP) is 3.05. The number of rotatable bonds is 6. The fourth-order valence-corrected chi connectivity index (χ4v) is 3.06. The van der Waals surface area contributed by atoms with E-state index in [2.05, 4.69) is 22.4 Å². The van der Waals surface area contributed by atoms with Crippen LogP contribution in [0.25, 0.3) is 5.69 Å². The van der Waals surface area contributed by atoms with E-state index in [9.17, 15) is 4.79 Å². The van der Waals surface area contributed by atoms with Gasteiger partial charge >= 0.3 is 0 Å². The Bertz CT molecular complexity index is 970. The normalized spacial score (nSPS) is 12.6. The minimum absolute atomic E-state index is 0.186. The van der Waals surface area contributed by atoms with Crippen molar-refractivity contribution in [2.75, 3.05) is 25.1 Å². The van der Waals surface area contributed by atoms with Crippen LogP contribution < -0.4 is 20.3 Å². The first kappa shape index (κ1) is 17.1. The summed E-state index contributed by atoms with van der Waals surface area (Å²) in [5.41, 5.74) is 1.82. The maximum Gasteiger partial charge on any atom is 0.297 e. The number of fused-ring (bicyclic) bond motifs is 1. The van der Waals surface area contributed by atoms with E-state index in [0.29, 0.717) is 37.1 Å². The monoisotopic (exact) mass is 363 g/mol. The standard InChI is InChI=1S/C21H21N3O3/c25-21-20(22-10-4-7-16-5-2-1-3-6-16)23-11-12-24(21)17-8-9-18-19(15-17)27-14-13-26-18/h1-3,5-6,8-9,11-12,15H,4,7,10,13-14H2,(H,22,23). The molecule has 0 bridgehead atoms. The molecule has 27 heavy (non-hydrogen) atoms. The fourth-order valence-electron chi connectivity index (χ4n) is 3.06. The second-order valence-corrected chi connectivity index (χ2v) is 6.29. The molecule has 4 rings (SSSR count). The number of hydrogen-bond acceptors (Lipinski definition) is 5. The molecule has 0 saturated heterocycles. The first-order chi connectivity index (χ1) is 13.3. The van der Waals surface area contributed by atoms with Crippen LogP contribution in [0.3, 0.4) is 0 Å². The topological polar surface area (TPSA) is 65.4 Å². The molecule has 0 unspecified atom stereocenters. The summed E-state index contributed by atoms with van der Waals surface area (Å²) in [6, 6.07) is 15.8. The minimum atomic E-state index is -0.186. The van der Waals surface area contributed by atoms with Gasteiger partial charge < -0.3 is 14.8 Å². The van der Waals surface area contributed by atoms with Gasteiger partial charge in [0.05, 0.1) is 5.69 Å². The molecule has 138 valence electrons. The Labute approximate surface area is 157 Å². The average Bonchev–Trinajstić information content (AvgIpc) is 2.73. The Morgan fingerprint density at radius 2 is 1.85 bits per heavy atom. The van der Waals surface area contributed by atoms with E-state index in [-0.39, 0.29) is 5.56 Å². The van der Waals surface area contributed by atoms with Crippen molar-refractivity contribution in [1.82, 2.24) is 9.55 Å². The van der Waals surface area contributed by atoms with Crippen LogP contribution in [-0.4, -0.2) is 29.3 Å². The smallest absolute Gasteiger partial charge is 0.297 e. The van der Waals surface area contributed by atoms with Gasteiger partial charge in [-0.05, 0) is 30.5 Å². The van der Waals surface area contributed by atoms with Crippen LogP contribution in [0.2, 0.25) is 0 Å². The molecule has 6 heteroatoms. The molecule has 0 radical (unpaired) electrons. The number of aryl methyl sites for hydroxylation is 1. The summed E-state index contributed by atoms with van der Waals surface area (Å²) < 4.78 is 12.7. The summed E-state index contributed by atoms with van der Waals surface area (Å²) in [5.74, 6) is 1.70. The van der Waals surface area contributed by atoms with Gasteiger partial charge in [-0.15, -0.1) is 0 Å². The van der Waals surface area contributed by atoms with Crippen molar-refractivity contribution < 1.29 is 9.47 Å². The van der Waals surface area contributed by atoms with Crippen molar-refractivity contribution in [3.05, 3.63) is 76.8 Å². The van der Waals surface area contributed by atoms with E-state index >= 15 is 0 Å². The van der Waals surface area contributed by atoms with Crippen molar-refractivity contribution in [3.8, 4) is 17.2 Å². The van der Waals surface area contributed by atoms with Gasteiger partial charge in [0.2, 0.25) is 0 Å². The van der Waals surface area contributed by atoms with Crippen molar-refractivity contribution >= 4 is 5.82 Å². The highest BCUT2D eigenvalue weighted by Gasteiger charge is 2.14. The van der Waals surface area contributed by atoms with Gasteiger partial charge in [0.1, 0.15) is 13.2 Å². The number of anilines is 1. The number of nitrogens with one attached hydrogen (secondary N) is 1. The summed E-state index contributed by atoms with van der Waals surface area (Å²) in [5, 5.41) is 3.16. The SMILES string of the molecule is O=c1c(NCCCc2ccccc2)nccn1-c1ccc2c(c1)OCCO2. The molecule has 1 N–H and O–H groups in total. The average molecular weight is 363 g/mol. The Balaban J connectivity index is 1.46. The zero-order chi connectivity index (χ0) is 18.5. The molecule has 0 atom stereocenters. The van der Waals surface area contributed by atoms with Crippen LogP contribution in [0, 0.1) is 0 Å². The van der Waals surface area contributed by atoms with E-state index in [4.69, 9.17) is 9.47 Å². The second-order valence-electron chi connectivity index (χ2n) is 6.29. The van der Waals surface area contributed by atoms with Crippen LogP contribution in [0.1, 0.15) is 12.0 Å². The molecule has 0 fully saturated rings. The van der Waals surface area contributed by atoms with E-state index in [1.165, 1.54) is 5.56 Å². The molecule has 0 saturated carbocycles. The summed E-state index contributed by atoms with van der Waals surface area (Å²) in [4.78, 5) is 17.0. The van der Waals surface area contributed by atoms with Crippen molar-refractivity contribution in [2.24, 2.45) is 0 Å². The number of hydrogen-bond donors (Lipinski definition) is 1. The summed E-state index contributed by atoms with van der Waals surface area (Å²) >= 11 is 0. The third-order valence-electron chi connectivity index (χ3n) is 4.42. The van der Waals surface area contributed by atoms with E-state index in [1.54, 1.807) is 17.0 Å². The number of benzene rings is 2. The van der Waals surface area contributed by atoms with E-state index < -0.39 is 0 Å². The van der Waals surface area contributed by atoms with E-state index in [1.807, 2.05) is 36.4 Å². The Morgan fingerprint density at radius 1 is 1.04 bits per heavy atom. The van der Waals surface area contributed by atoms with Crippen molar-refractivity contribution in [3.63, 3.8) is 0 Å². The lowest BCUT2D eigenvalue weighted by Crippen LogP contribution is -2.24. The largest absolute Gasteiger partial charge is 0.486 e. The first-order valence-corrected chi connectivity index (χ1v) is 9.07. The minimum Gasteiger partial charge on any atom is -0.486 e. The lowest BCUT2D eigenvalue weighted by Gasteiger charge is -2.19. The van der Waals surface area contributed by atoms with Gasteiger partial charge in [0.25, 0.3) is 5.56 Å². The zero-order valence-electron chi connectivity index (χ0n) is 14.9. The van der Waals surface area contributed by atoms with Gasteiger partial charge in [0, 0.05) is 25.0 Å². The highest BCUT2D eigenvalue weighted by atomic mass is 16.6. The number of aromatic nitrogens is 2. The van der Waals surface area contributed by atoms with Gasteiger partial charge in [-0.2, -0.15) is 0 Å². The molecule has 1 aliphatic rings. The summed E-state index contributed by atoms with van der Waals surface area (Å²) in [6.07, 6.45) is 5.15. The molecule has 1 aromatic heterocycles. The quantitative estimate of drug-likeness (QED) is 0.682. The number of ether oxygens (including phenoxy) is 2. The lowest BCUT2D eigenvalue weighted by atomic mass is 10.1. The Hall–Kier alpha value is -3.28. The Morgan fingerprint density at radius 3 is 2.70 bits per heavy atom. The summed E-state index contributed by atoms with van der Waals surface area (Å²) in [7, 11) is 0. The highest BCUT2D eigenvalue weighted by molar-refractivity contribution is 5.50. The molecule has 0 aliphatic carbocycles. The first-order valence-electron chi connectivity index (χ1n) is 9.07. The van der Waals surface area contributed by atoms with Crippen LogP contribution in [-0.2, 0) is 6.42 Å². The molecular formula is C21H21N3O3. The van der Waals surface area contributed by atoms with Crippen LogP contribution in [0.5, 0.6) is 11.5 Å². The molecule has 0 spiro atoms. The maximum absolute atomic E-state index is 12.8. The third-order valence-corrected chi connectivity index (χ3v) is 4.42. The molecule has 2 heterocycles. The van der Waals surface area contributed by atoms with Crippen LogP contribution >= 0.6 is 0 Å². The molecule has 3 aromatic rings. The number of nitrogens with zero attached hydrogens (tertiary/aromatic N) is 2.